The lowest BCUT2D eigenvalue weighted by molar-refractivity contribution is 0.483. The number of anilines is 2. The predicted molar refractivity (Wildman–Crippen MR) is 125 cm³/mol. The third-order valence-electron chi connectivity index (χ3n) is 4.58. The summed E-state index contributed by atoms with van der Waals surface area (Å²) in [5.74, 6) is 1.42. The number of halogens is 1. The van der Waals surface area contributed by atoms with Gasteiger partial charge in [-0.1, -0.05) is 29.8 Å². The van der Waals surface area contributed by atoms with Gasteiger partial charge >= 0.3 is 5.63 Å². The van der Waals surface area contributed by atoms with E-state index in [0.29, 0.717) is 38.5 Å². The van der Waals surface area contributed by atoms with E-state index < -0.39 is 5.63 Å². The molecule has 5 nitrogen and oxygen atoms in total. The van der Waals surface area contributed by atoms with Gasteiger partial charge in [-0.25, -0.2) is 9.78 Å². The number of hydrogen-bond acceptors (Lipinski definition) is 6. The fraction of sp³-hybridized carbons (Fsp3) is 0. The monoisotopic (exact) mass is 446 g/mol. The van der Waals surface area contributed by atoms with Gasteiger partial charge in [0, 0.05) is 21.5 Å². The molecule has 0 amide bonds. The molecule has 0 saturated carbocycles. The van der Waals surface area contributed by atoms with Crippen molar-refractivity contribution in [3.8, 4) is 22.8 Å². The van der Waals surface area contributed by atoms with E-state index in [0.717, 1.165) is 11.1 Å². The number of fused-ring (bicyclic) bond motifs is 1. The Hall–Kier alpha value is -3.61. The molecule has 0 spiro atoms. The van der Waals surface area contributed by atoms with Crippen LogP contribution in [0.5, 0.6) is 11.5 Å². The lowest BCUT2D eigenvalue weighted by Gasteiger charge is -2.07. The van der Waals surface area contributed by atoms with Crippen molar-refractivity contribution in [2.24, 2.45) is 0 Å². The normalized spacial score (nSPS) is 10.9. The summed E-state index contributed by atoms with van der Waals surface area (Å²) >= 11 is 7.31. The maximum Gasteiger partial charge on any atom is 0.345 e. The standard InChI is InChI=1S/C24H15ClN2O3S/c25-16-5-9-18(10-6-16)29-19-11-7-17(8-12-19)26-24-27-21(14-31-24)20-13-15-3-1-2-4-22(15)30-23(20)28/h1-14H,(H,26,27). The second-order valence-electron chi connectivity index (χ2n) is 6.73. The largest absolute Gasteiger partial charge is 0.457 e. The van der Waals surface area contributed by atoms with Crippen LogP contribution in [0.4, 0.5) is 10.8 Å². The fourth-order valence-corrected chi connectivity index (χ4v) is 3.92. The molecular formula is C24H15ClN2O3S. The third kappa shape index (κ3) is 4.30. The highest BCUT2D eigenvalue weighted by Crippen LogP contribution is 2.29. The molecule has 0 saturated heterocycles. The molecule has 31 heavy (non-hydrogen) atoms. The lowest BCUT2D eigenvalue weighted by Crippen LogP contribution is -2.02. The van der Waals surface area contributed by atoms with Crippen molar-refractivity contribution in [1.29, 1.82) is 0 Å². The Morgan fingerprint density at radius 2 is 1.65 bits per heavy atom. The predicted octanol–water partition coefficient (Wildman–Crippen LogP) is 7.11. The van der Waals surface area contributed by atoms with E-state index in [-0.39, 0.29) is 0 Å². The zero-order valence-electron chi connectivity index (χ0n) is 16.0. The smallest absolute Gasteiger partial charge is 0.345 e. The van der Waals surface area contributed by atoms with E-state index in [9.17, 15) is 4.79 Å². The quantitative estimate of drug-likeness (QED) is 0.291. The van der Waals surface area contributed by atoms with Gasteiger partial charge < -0.3 is 14.5 Å². The second kappa shape index (κ2) is 8.26. The molecule has 0 fully saturated rings. The van der Waals surface area contributed by atoms with Gasteiger partial charge in [0.2, 0.25) is 0 Å². The van der Waals surface area contributed by atoms with Crippen LogP contribution in [-0.2, 0) is 0 Å². The maximum absolute atomic E-state index is 12.4. The SMILES string of the molecule is O=c1oc2ccccc2cc1-c1csc(Nc2ccc(Oc3ccc(Cl)cc3)cc2)n1. The zero-order chi connectivity index (χ0) is 21.2. The number of para-hydroxylation sites is 1. The Labute approximate surface area is 186 Å². The fourth-order valence-electron chi connectivity index (χ4n) is 3.06. The number of benzene rings is 3. The van der Waals surface area contributed by atoms with Crippen molar-refractivity contribution < 1.29 is 9.15 Å². The lowest BCUT2D eigenvalue weighted by atomic mass is 10.1. The number of rotatable bonds is 5. The molecule has 3 aromatic carbocycles. The molecule has 0 radical (unpaired) electrons. The van der Waals surface area contributed by atoms with Crippen LogP contribution in [-0.4, -0.2) is 4.98 Å². The summed E-state index contributed by atoms with van der Waals surface area (Å²) in [6.07, 6.45) is 0. The molecule has 2 aromatic heterocycles. The average molecular weight is 447 g/mol. The van der Waals surface area contributed by atoms with E-state index in [2.05, 4.69) is 10.3 Å². The van der Waals surface area contributed by atoms with Crippen LogP contribution in [0, 0.1) is 0 Å². The van der Waals surface area contributed by atoms with Crippen LogP contribution in [0.25, 0.3) is 22.2 Å². The molecule has 7 heteroatoms. The van der Waals surface area contributed by atoms with E-state index >= 15 is 0 Å². The molecule has 5 rings (SSSR count). The van der Waals surface area contributed by atoms with Crippen LogP contribution < -0.4 is 15.7 Å². The molecule has 1 N–H and O–H groups in total. The first-order valence-electron chi connectivity index (χ1n) is 9.43. The van der Waals surface area contributed by atoms with Gasteiger partial charge in [-0.2, -0.15) is 0 Å². The summed E-state index contributed by atoms with van der Waals surface area (Å²) in [4.78, 5) is 16.9. The number of nitrogens with zero attached hydrogens (tertiary/aromatic N) is 1. The maximum atomic E-state index is 12.4. The number of thiazole rings is 1. The van der Waals surface area contributed by atoms with Crippen molar-refractivity contribution >= 4 is 44.7 Å². The van der Waals surface area contributed by atoms with E-state index in [4.69, 9.17) is 20.8 Å². The van der Waals surface area contributed by atoms with E-state index in [1.165, 1.54) is 11.3 Å². The number of ether oxygens (including phenoxy) is 1. The molecule has 0 atom stereocenters. The summed E-state index contributed by atoms with van der Waals surface area (Å²) in [5.41, 5.74) is 2.03. The summed E-state index contributed by atoms with van der Waals surface area (Å²) in [7, 11) is 0. The number of hydrogen-bond donors (Lipinski definition) is 1. The van der Waals surface area contributed by atoms with Gasteiger partial charge in [-0.3, -0.25) is 0 Å². The first-order chi connectivity index (χ1) is 15.1. The van der Waals surface area contributed by atoms with Gasteiger partial charge in [-0.05, 0) is 60.7 Å². The van der Waals surface area contributed by atoms with Crippen LogP contribution in [0.1, 0.15) is 0 Å². The Bertz CT molecular complexity index is 1410. The highest BCUT2D eigenvalue weighted by molar-refractivity contribution is 7.14. The highest BCUT2D eigenvalue weighted by Gasteiger charge is 2.12. The molecule has 0 aliphatic rings. The van der Waals surface area contributed by atoms with Crippen molar-refractivity contribution in [2.45, 2.75) is 0 Å². The van der Waals surface area contributed by atoms with Gasteiger partial charge in [0.05, 0.1) is 11.3 Å². The minimum atomic E-state index is -0.403. The molecular weight excluding hydrogens is 432 g/mol. The summed E-state index contributed by atoms with van der Waals surface area (Å²) in [6.45, 7) is 0. The molecule has 0 aliphatic carbocycles. The average Bonchev–Trinajstić information content (AvgIpc) is 3.24. The van der Waals surface area contributed by atoms with E-state index in [1.807, 2.05) is 66.0 Å². The van der Waals surface area contributed by atoms with Crippen LogP contribution in [0.3, 0.4) is 0 Å². The van der Waals surface area contributed by atoms with Crippen LogP contribution >= 0.6 is 22.9 Å². The Balaban J connectivity index is 1.32. The summed E-state index contributed by atoms with van der Waals surface area (Å²) in [6, 6.07) is 23.9. The van der Waals surface area contributed by atoms with Crippen molar-refractivity contribution in [3.05, 3.63) is 99.7 Å². The molecule has 0 aliphatic heterocycles. The molecule has 5 aromatic rings. The minimum absolute atomic E-state index is 0.403. The third-order valence-corrected chi connectivity index (χ3v) is 5.59. The number of nitrogens with one attached hydrogen (secondary N) is 1. The van der Waals surface area contributed by atoms with Gasteiger partial charge in [0.1, 0.15) is 17.1 Å². The first kappa shape index (κ1) is 19.4. The Morgan fingerprint density at radius 3 is 2.42 bits per heavy atom. The van der Waals surface area contributed by atoms with Gasteiger partial charge in [-0.15, -0.1) is 11.3 Å². The van der Waals surface area contributed by atoms with Crippen LogP contribution in [0.15, 0.2) is 93.5 Å². The van der Waals surface area contributed by atoms with Crippen molar-refractivity contribution in [2.75, 3.05) is 5.32 Å². The van der Waals surface area contributed by atoms with Crippen molar-refractivity contribution in [3.63, 3.8) is 0 Å². The molecule has 152 valence electrons. The topological polar surface area (TPSA) is 64.4 Å². The zero-order valence-corrected chi connectivity index (χ0v) is 17.6. The Kier molecular flexibility index (Phi) is 5.16. The Morgan fingerprint density at radius 1 is 0.935 bits per heavy atom. The summed E-state index contributed by atoms with van der Waals surface area (Å²) < 4.78 is 11.2. The van der Waals surface area contributed by atoms with E-state index in [1.54, 1.807) is 18.2 Å². The molecule has 0 unspecified atom stereocenters. The summed E-state index contributed by atoms with van der Waals surface area (Å²) in [5, 5.41) is 7.28. The molecule has 0 bridgehead atoms. The van der Waals surface area contributed by atoms with Gasteiger partial charge in [0.25, 0.3) is 0 Å². The van der Waals surface area contributed by atoms with Gasteiger partial charge in [0.15, 0.2) is 5.13 Å². The first-order valence-corrected chi connectivity index (χ1v) is 10.7. The highest BCUT2D eigenvalue weighted by atomic mass is 35.5. The molecule has 2 heterocycles. The minimum Gasteiger partial charge on any atom is -0.457 e. The number of aromatic nitrogens is 1. The van der Waals surface area contributed by atoms with Crippen LogP contribution in [0.2, 0.25) is 5.02 Å². The van der Waals surface area contributed by atoms with Crippen molar-refractivity contribution in [1.82, 2.24) is 4.98 Å². The second-order valence-corrected chi connectivity index (χ2v) is 8.02.